The molecule has 1 aromatic rings. The van der Waals surface area contributed by atoms with Crippen molar-refractivity contribution in [1.29, 1.82) is 0 Å². The highest BCUT2D eigenvalue weighted by molar-refractivity contribution is 5.69. The molecule has 0 aliphatic carbocycles. The average Bonchev–Trinajstić information content (AvgIpc) is 2.35. The number of carbonyl (C=O) groups excluding carboxylic acids is 2. The van der Waals surface area contributed by atoms with Gasteiger partial charge in [0.15, 0.2) is 0 Å². The Balaban J connectivity index is 2.91. The third kappa shape index (κ3) is 5.41. The molecule has 1 amide bonds. The first-order chi connectivity index (χ1) is 9.76. The van der Waals surface area contributed by atoms with Gasteiger partial charge < -0.3 is 19.6 Å². The second-order valence-corrected chi connectivity index (χ2v) is 5.49. The van der Waals surface area contributed by atoms with Gasteiger partial charge in [-0.25, -0.2) is 9.18 Å². The Morgan fingerprint density at radius 2 is 2.10 bits per heavy atom. The van der Waals surface area contributed by atoms with Gasteiger partial charge in [0.05, 0.1) is 13.2 Å². The predicted octanol–water partition coefficient (Wildman–Crippen LogP) is 2.99. The summed E-state index contributed by atoms with van der Waals surface area (Å²) >= 11 is 0. The summed E-state index contributed by atoms with van der Waals surface area (Å²) in [5, 5.41) is 2.50. The summed E-state index contributed by atoms with van der Waals surface area (Å²) in [4.78, 5) is 22.5. The number of amides is 1. The number of aldehydes is 1. The van der Waals surface area contributed by atoms with E-state index in [1.54, 1.807) is 26.8 Å². The minimum absolute atomic E-state index is 0.0531. The molecule has 5 nitrogen and oxygen atoms in total. The van der Waals surface area contributed by atoms with E-state index in [-0.39, 0.29) is 12.0 Å². The minimum atomic E-state index is -0.789. The van der Waals surface area contributed by atoms with Gasteiger partial charge in [-0.3, -0.25) is 0 Å². The first kappa shape index (κ1) is 16.9. The lowest BCUT2D eigenvalue weighted by Crippen LogP contribution is -2.35. The van der Waals surface area contributed by atoms with Crippen LogP contribution in [-0.4, -0.2) is 25.1 Å². The molecular formula is C15H20FNO4. The maximum Gasteiger partial charge on any atom is 0.408 e. The number of alkyl carbamates (subject to hydrolysis) is 1. The van der Waals surface area contributed by atoms with Crippen molar-refractivity contribution >= 4 is 12.4 Å². The normalized spacial score (nSPS) is 12.4. The van der Waals surface area contributed by atoms with Crippen molar-refractivity contribution in [2.24, 2.45) is 0 Å². The van der Waals surface area contributed by atoms with Gasteiger partial charge in [-0.05, 0) is 26.8 Å². The molecule has 6 heteroatoms. The van der Waals surface area contributed by atoms with E-state index >= 15 is 0 Å². The molecule has 1 N–H and O–H groups in total. The lowest BCUT2D eigenvalue weighted by molar-refractivity contribution is -0.108. The first-order valence-corrected chi connectivity index (χ1v) is 6.53. The van der Waals surface area contributed by atoms with Gasteiger partial charge >= 0.3 is 6.09 Å². The van der Waals surface area contributed by atoms with Crippen molar-refractivity contribution in [3.63, 3.8) is 0 Å². The van der Waals surface area contributed by atoms with Gasteiger partial charge in [0.1, 0.15) is 23.5 Å². The van der Waals surface area contributed by atoms with Gasteiger partial charge in [0.25, 0.3) is 0 Å². The van der Waals surface area contributed by atoms with E-state index in [1.165, 1.54) is 19.2 Å². The van der Waals surface area contributed by atoms with Crippen LogP contribution in [0, 0.1) is 5.82 Å². The average molecular weight is 297 g/mol. The van der Waals surface area contributed by atoms with Crippen molar-refractivity contribution in [1.82, 2.24) is 5.32 Å². The largest absolute Gasteiger partial charge is 0.497 e. The summed E-state index contributed by atoms with van der Waals surface area (Å²) in [6.45, 7) is 5.15. The number of methoxy groups -OCH3 is 1. The van der Waals surface area contributed by atoms with Gasteiger partial charge in [0, 0.05) is 18.1 Å². The van der Waals surface area contributed by atoms with Crippen molar-refractivity contribution < 1.29 is 23.5 Å². The fourth-order valence-corrected chi connectivity index (χ4v) is 1.73. The maximum atomic E-state index is 14.0. The Morgan fingerprint density at radius 1 is 1.43 bits per heavy atom. The molecule has 0 unspecified atom stereocenters. The highest BCUT2D eigenvalue weighted by Crippen LogP contribution is 2.24. The van der Waals surface area contributed by atoms with E-state index < -0.39 is 23.6 Å². The van der Waals surface area contributed by atoms with Gasteiger partial charge in [0.2, 0.25) is 0 Å². The molecule has 0 heterocycles. The van der Waals surface area contributed by atoms with Crippen LogP contribution in [0.2, 0.25) is 0 Å². The maximum absolute atomic E-state index is 14.0. The minimum Gasteiger partial charge on any atom is -0.497 e. The van der Waals surface area contributed by atoms with Crippen molar-refractivity contribution in [3.8, 4) is 5.75 Å². The molecule has 0 radical (unpaired) electrons. The number of halogens is 1. The highest BCUT2D eigenvalue weighted by atomic mass is 19.1. The lowest BCUT2D eigenvalue weighted by atomic mass is 10.0. The standard InChI is InChI=1S/C15H20FNO4/c1-15(2,3)21-14(19)17-13(7-8-18)11-6-5-10(20-4)9-12(11)16/h5-6,8-9,13H,7H2,1-4H3,(H,17,19)/t13-/m0/s1. The highest BCUT2D eigenvalue weighted by Gasteiger charge is 2.22. The zero-order chi connectivity index (χ0) is 16.0. The smallest absolute Gasteiger partial charge is 0.408 e. The Morgan fingerprint density at radius 3 is 2.57 bits per heavy atom. The Bertz CT molecular complexity index is 511. The Hall–Kier alpha value is -2.11. The van der Waals surface area contributed by atoms with Gasteiger partial charge in [-0.1, -0.05) is 6.07 Å². The summed E-state index contributed by atoms with van der Waals surface area (Å²) in [5.41, 5.74) is -0.470. The number of rotatable bonds is 5. The summed E-state index contributed by atoms with van der Waals surface area (Å²) in [7, 11) is 1.43. The first-order valence-electron chi connectivity index (χ1n) is 6.53. The number of benzene rings is 1. The van der Waals surface area contributed by atoms with Crippen LogP contribution in [0.1, 0.15) is 38.8 Å². The number of hydrogen-bond acceptors (Lipinski definition) is 4. The van der Waals surface area contributed by atoms with Crippen LogP contribution in [0.15, 0.2) is 18.2 Å². The fourth-order valence-electron chi connectivity index (χ4n) is 1.73. The monoisotopic (exact) mass is 297 g/mol. The van der Waals surface area contributed by atoms with Crippen molar-refractivity contribution in [2.75, 3.05) is 7.11 Å². The molecule has 21 heavy (non-hydrogen) atoms. The second kappa shape index (κ2) is 7.06. The molecule has 0 aromatic heterocycles. The zero-order valence-corrected chi connectivity index (χ0v) is 12.6. The molecule has 0 fully saturated rings. The quantitative estimate of drug-likeness (QED) is 0.849. The molecule has 1 atom stereocenters. The Kier molecular flexibility index (Phi) is 5.69. The summed E-state index contributed by atoms with van der Waals surface area (Å²) in [5.74, 6) is -0.198. The lowest BCUT2D eigenvalue weighted by Gasteiger charge is -2.23. The number of nitrogens with one attached hydrogen (secondary N) is 1. The Labute approximate surface area is 123 Å². The summed E-state index contributed by atoms with van der Waals surface area (Å²) < 4.78 is 24.0. The van der Waals surface area contributed by atoms with Gasteiger partial charge in [-0.15, -0.1) is 0 Å². The van der Waals surface area contributed by atoms with E-state index in [2.05, 4.69) is 5.32 Å². The fraction of sp³-hybridized carbons (Fsp3) is 0.467. The molecular weight excluding hydrogens is 277 g/mol. The molecule has 1 aromatic carbocycles. The number of hydrogen-bond donors (Lipinski definition) is 1. The topological polar surface area (TPSA) is 64.6 Å². The van der Waals surface area contributed by atoms with Crippen molar-refractivity contribution in [2.45, 2.75) is 38.8 Å². The third-order valence-electron chi connectivity index (χ3n) is 2.61. The van der Waals surface area contributed by atoms with Gasteiger partial charge in [-0.2, -0.15) is 0 Å². The van der Waals surface area contributed by atoms with Crippen molar-refractivity contribution in [3.05, 3.63) is 29.6 Å². The molecule has 1 rings (SSSR count). The van der Waals surface area contributed by atoms with Crippen LogP contribution in [0.25, 0.3) is 0 Å². The number of ether oxygens (including phenoxy) is 2. The van der Waals surface area contributed by atoms with Crippen LogP contribution in [0.4, 0.5) is 9.18 Å². The molecule has 0 spiro atoms. The third-order valence-corrected chi connectivity index (χ3v) is 2.61. The summed E-state index contributed by atoms with van der Waals surface area (Å²) in [6, 6.07) is 3.44. The number of carbonyl (C=O) groups is 2. The van der Waals surface area contributed by atoms with Crippen LogP contribution in [0.3, 0.4) is 0 Å². The van der Waals surface area contributed by atoms with Crippen LogP contribution in [-0.2, 0) is 9.53 Å². The van der Waals surface area contributed by atoms with E-state index in [1.807, 2.05) is 0 Å². The van der Waals surface area contributed by atoms with Crippen LogP contribution >= 0.6 is 0 Å². The van der Waals surface area contributed by atoms with Crippen LogP contribution < -0.4 is 10.1 Å². The molecule has 0 aliphatic heterocycles. The van der Waals surface area contributed by atoms with E-state index in [4.69, 9.17) is 9.47 Å². The molecule has 116 valence electrons. The van der Waals surface area contributed by atoms with E-state index in [9.17, 15) is 14.0 Å². The van der Waals surface area contributed by atoms with E-state index in [0.717, 1.165) is 0 Å². The molecule has 0 bridgehead atoms. The SMILES string of the molecule is COc1ccc([C@H](CC=O)NC(=O)OC(C)(C)C)c(F)c1. The van der Waals surface area contributed by atoms with Crippen LogP contribution in [0.5, 0.6) is 5.75 Å². The molecule has 0 saturated heterocycles. The molecule has 0 saturated carbocycles. The van der Waals surface area contributed by atoms with E-state index in [0.29, 0.717) is 12.0 Å². The second-order valence-electron chi connectivity index (χ2n) is 5.49. The zero-order valence-electron chi connectivity index (χ0n) is 12.6. The molecule has 0 aliphatic rings. The predicted molar refractivity (Wildman–Crippen MR) is 75.7 cm³/mol. The summed E-state index contributed by atoms with van der Waals surface area (Å²) in [6.07, 6.45) is -0.140.